The van der Waals surface area contributed by atoms with Gasteiger partial charge in [-0.05, 0) is 48.4 Å². The van der Waals surface area contributed by atoms with Gasteiger partial charge in [0.1, 0.15) is 11.4 Å². The molecule has 10 nitrogen and oxygen atoms in total. The first-order valence-electron chi connectivity index (χ1n) is 11.0. The Morgan fingerprint density at radius 1 is 1.05 bits per heavy atom. The number of halogens is 4. The van der Waals surface area contributed by atoms with Crippen molar-refractivity contribution in [3.05, 3.63) is 85.0 Å². The molecule has 1 aliphatic rings. The average molecular weight is 553 g/mol. The fourth-order valence-electron chi connectivity index (χ4n) is 4.16. The molecule has 0 spiro atoms. The molecule has 2 amide bonds. The molecule has 0 saturated carbocycles. The largest absolute Gasteiger partial charge is 0.493 e. The number of benzene rings is 2. The molecule has 1 atom stereocenters. The van der Waals surface area contributed by atoms with Gasteiger partial charge in [-0.2, -0.15) is 13.2 Å². The number of hydrogen-bond donors (Lipinski definition) is 3. The molecule has 38 heavy (non-hydrogen) atoms. The van der Waals surface area contributed by atoms with Gasteiger partial charge in [-0.3, -0.25) is 23.9 Å². The minimum Gasteiger partial charge on any atom is -0.493 e. The molecule has 2 heterocycles. The van der Waals surface area contributed by atoms with Gasteiger partial charge in [-0.1, -0.05) is 17.7 Å². The Hall–Kier alpha value is -4.26. The van der Waals surface area contributed by atoms with Gasteiger partial charge in [-0.15, -0.1) is 0 Å². The van der Waals surface area contributed by atoms with E-state index in [4.69, 9.17) is 21.1 Å². The molecule has 3 N–H and O–H groups in total. The van der Waals surface area contributed by atoms with E-state index in [1.54, 1.807) is 23.5 Å². The van der Waals surface area contributed by atoms with E-state index >= 15 is 0 Å². The third-order valence-electron chi connectivity index (χ3n) is 6.05. The number of nitrogens with one attached hydrogen (secondary N) is 3. The summed E-state index contributed by atoms with van der Waals surface area (Å²) in [6.07, 6.45) is -5.35. The number of aryl methyl sites for hydroxylation is 1. The van der Waals surface area contributed by atoms with E-state index in [1.165, 1.54) is 26.4 Å². The smallest absolute Gasteiger partial charge is 0.425 e. The summed E-state index contributed by atoms with van der Waals surface area (Å²) in [7, 11) is 2.87. The highest BCUT2D eigenvalue weighted by Gasteiger charge is 2.68. The molecule has 0 radical (unpaired) electrons. The van der Waals surface area contributed by atoms with Crippen LogP contribution in [0.3, 0.4) is 0 Å². The maximum Gasteiger partial charge on any atom is 0.425 e. The lowest BCUT2D eigenvalue weighted by atomic mass is 9.91. The highest BCUT2D eigenvalue weighted by molar-refractivity contribution is 6.30. The lowest BCUT2D eigenvalue weighted by molar-refractivity contribution is -0.196. The Labute approximate surface area is 217 Å². The Morgan fingerprint density at radius 2 is 1.71 bits per heavy atom. The van der Waals surface area contributed by atoms with Crippen LogP contribution in [0.25, 0.3) is 0 Å². The van der Waals surface area contributed by atoms with Crippen LogP contribution in [0.4, 0.5) is 19.0 Å². The zero-order valence-electron chi connectivity index (χ0n) is 19.9. The van der Waals surface area contributed by atoms with Crippen molar-refractivity contribution in [3.63, 3.8) is 0 Å². The van der Waals surface area contributed by atoms with Crippen LogP contribution in [-0.4, -0.2) is 41.8 Å². The number of H-pyrrole nitrogens is 1. The Kier molecular flexibility index (Phi) is 6.98. The van der Waals surface area contributed by atoms with Gasteiger partial charge < -0.3 is 20.1 Å². The number of amides is 2. The Bertz CT molecular complexity index is 1530. The number of aromatic amines is 1. The zero-order valence-corrected chi connectivity index (χ0v) is 20.6. The summed E-state index contributed by atoms with van der Waals surface area (Å²) in [5.74, 6) is -2.86. The number of carbonyl (C=O) groups excluding carboxylic acids is 2. The van der Waals surface area contributed by atoms with Gasteiger partial charge in [0.25, 0.3) is 22.9 Å². The van der Waals surface area contributed by atoms with E-state index in [9.17, 15) is 32.3 Å². The van der Waals surface area contributed by atoms with Crippen LogP contribution in [0.5, 0.6) is 11.5 Å². The van der Waals surface area contributed by atoms with Crippen LogP contribution in [0, 0.1) is 0 Å². The molecule has 0 saturated heterocycles. The normalized spacial score (nSPS) is 16.5. The number of methoxy groups -OCH3 is 2. The molecule has 4 rings (SSSR count). The fourth-order valence-corrected chi connectivity index (χ4v) is 4.28. The third-order valence-corrected chi connectivity index (χ3v) is 6.30. The minimum atomic E-state index is -5.46. The number of aromatic nitrogens is 2. The predicted octanol–water partition coefficient (Wildman–Crippen LogP) is 2.59. The topological polar surface area (TPSA) is 132 Å². The molecule has 3 aromatic rings. The summed E-state index contributed by atoms with van der Waals surface area (Å²) in [6, 6.07) is 9.74. The van der Waals surface area contributed by atoms with E-state index in [0.29, 0.717) is 17.1 Å². The fraction of sp³-hybridized carbons (Fsp3) is 0.250. The summed E-state index contributed by atoms with van der Waals surface area (Å²) in [6.45, 7) is -0.229. The van der Waals surface area contributed by atoms with Gasteiger partial charge in [0, 0.05) is 17.1 Å². The first-order chi connectivity index (χ1) is 17.9. The van der Waals surface area contributed by atoms with Gasteiger partial charge in [0.2, 0.25) is 0 Å². The molecule has 2 aromatic carbocycles. The molecule has 200 valence electrons. The number of anilines is 1. The van der Waals surface area contributed by atoms with Crippen LogP contribution in [0.15, 0.2) is 52.1 Å². The molecule has 14 heteroatoms. The number of carbonyl (C=O) groups is 2. The van der Waals surface area contributed by atoms with Crippen molar-refractivity contribution in [1.29, 1.82) is 0 Å². The van der Waals surface area contributed by atoms with E-state index in [-0.39, 0.29) is 23.6 Å². The lowest BCUT2D eigenvalue weighted by Gasteiger charge is -2.30. The number of rotatable bonds is 7. The summed E-state index contributed by atoms with van der Waals surface area (Å²) >= 11 is 5.77. The highest BCUT2D eigenvalue weighted by Crippen LogP contribution is 2.45. The van der Waals surface area contributed by atoms with Crippen molar-refractivity contribution in [2.45, 2.75) is 24.7 Å². The van der Waals surface area contributed by atoms with Crippen molar-refractivity contribution in [2.24, 2.45) is 0 Å². The van der Waals surface area contributed by atoms with Crippen LogP contribution >= 0.6 is 11.6 Å². The average Bonchev–Trinajstić information content (AvgIpc) is 3.17. The molecular weight excluding hydrogens is 533 g/mol. The van der Waals surface area contributed by atoms with Gasteiger partial charge in [0.05, 0.1) is 14.2 Å². The van der Waals surface area contributed by atoms with E-state index in [1.807, 2.05) is 10.3 Å². The number of nitrogens with zero attached hydrogens (tertiary/aromatic N) is 1. The van der Waals surface area contributed by atoms with Crippen LogP contribution in [-0.2, 0) is 23.3 Å². The molecule has 1 aliphatic heterocycles. The van der Waals surface area contributed by atoms with Crippen molar-refractivity contribution >= 4 is 29.2 Å². The van der Waals surface area contributed by atoms with Gasteiger partial charge in [-0.25, -0.2) is 4.79 Å². The zero-order chi connectivity index (χ0) is 27.8. The second kappa shape index (κ2) is 9.89. The summed E-state index contributed by atoms with van der Waals surface area (Å²) in [5.41, 5.74) is -7.04. The second-order valence-electron chi connectivity index (χ2n) is 8.24. The van der Waals surface area contributed by atoms with Crippen LogP contribution in [0.1, 0.15) is 21.5 Å². The SMILES string of the molecule is COc1ccc(CCn2c3c(c(=O)[nH]c2=O)[C@@](NC(=O)c2ccc(Cl)cc2)(C(F)(F)F)C(=O)N3)cc1OC. The molecule has 0 fully saturated rings. The molecule has 1 aromatic heterocycles. The second-order valence-corrected chi connectivity index (χ2v) is 8.67. The van der Waals surface area contributed by atoms with E-state index in [0.717, 1.165) is 16.7 Å². The van der Waals surface area contributed by atoms with Gasteiger partial charge >= 0.3 is 11.9 Å². The van der Waals surface area contributed by atoms with Crippen molar-refractivity contribution in [1.82, 2.24) is 14.9 Å². The maximum atomic E-state index is 14.5. The standard InChI is InChI=1S/C24H20ClF3N4O6/c1-37-15-8-3-12(11-16(15)38-2)9-10-32-18-17(20(34)30-22(32)36)23(21(35)29-18,24(26,27)28)31-19(33)13-4-6-14(25)7-5-13/h3-8,11H,9-10H2,1-2H3,(H,29,35)(H,31,33)(H,30,34,36)/t23-/m0/s1. The minimum absolute atomic E-state index is 0.102. The van der Waals surface area contributed by atoms with Gasteiger partial charge in [0.15, 0.2) is 11.5 Å². The first-order valence-corrected chi connectivity index (χ1v) is 11.4. The van der Waals surface area contributed by atoms with Crippen molar-refractivity contribution < 1.29 is 32.2 Å². The van der Waals surface area contributed by atoms with Crippen LogP contribution in [0.2, 0.25) is 5.02 Å². The number of ether oxygens (including phenoxy) is 2. The molecule has 0 bridgehead atoms. The highest BCUT2D eigenvalue weighted by atomic mass is 35.5. The number of fused-ring (bicyclic) bond motifs is 1. The quantitative estimate of drug-likeness (QED) is 0.413. The number of alkyl halides is 3. The van der Waals surface area contributed by atoms with Crippen molar-refractivity contribution in [2.75, 3.05) is 19.5 Å². The predicted molar refractivity (Wildman–Crippen MR) is 130 cm³/mol. The third kappa shape index (κ3) is 4.49. The monoisotopic (exact) mass is 552 g/mol. The molecule has 0 aliphatic carbocycles. The van der Waals surface area contributed by atoms with Crippen molar-refractivity contribution in [3.8, 4) is 11.5 Å². The summed E-state index contributed by atoms with van der Waals surface area (Å²) in [5, 5.41) is 3.90. The molecule has 0 unspecified atom stereocenters. The summed E-state index contributed by atoms with van der Waals surface area (Å²) in [4.78, 5) is 52.8. The number of hydrogen-bond acceptors (Lipinski definition) is 6. The summed E-state index contributed by atoms with van der Waals surface area (Å²) < 4.78 is 54.8. The maximum absolute atomic E-state index is 14.5. The van der Waals surface area contributed by atoms with Crippen LogP contribution < -0.4 is 31.4 Å². The first kappa shape index (κ1) is 26.8. The van der Waals surface area contributed by atoms with E-state index < -0.39 is 46.2 Å². The van der Waals surface area contributed by atoms with E-state index in [2.05, 4.69) is 0 Å². The lowest BCUT2D eigenvalue weighted by Crippen LogP contribution is -2.62. The Morgan fingerprint density at radius 3 is 2.32 bits per heavy atom. The Balaban J connectivity index is 1.78. The molecular formula is C24H20ClF3N4O6.